The third-order valence-electron chi connectivity index (χ3n) is 3.96. The molecule has 94 valence electrons. The summed E-state index contributed by atoms with van der Waals surface area (Å²) in [6.45, 7) is 0. The Morgan fingerprint density at radius 1 is 1.22 bits per heavy atom. The van der Waals surface area contributed by atoms with Gasteiger partial charge in [-0.2, -0.15) is 0 Å². The van der Waals surface area contributed by atoms with Crippen molar-refractivity contribution in [3.05, 3.63) is 60.1 Å². The van der Waals surface area contributed by atoms with Crippen LogP contribution in [0.25, 0.3) is 0 Å². The van der Waals surface area contributed by atoms with Gasteiger partial charge in [-0.15, -0.1) is 0 Å². The van der Waals surface area contributed by atoms with Crippen LogP contribution >= 0.6 is 0 Å². The fourth-order valence-electron chi connectivity index (χ4n) is 2.86. The maximum absolute atomic E-state index is 5.44. The number of furan rings is 1. The molecular formula is C16H19NO. The molecule has 2 heteroatoms. The van der Waals surface area contributed by atoms with Crippen molar-refractivity contribution in [3.8, 4) is 0 Å². The van der Waals surface area contributed by atoms with Gasteiger partial charge in [0, 0.05) is 12.5 Å². The van der Waals surface area contributed by atoms with Crippen LogP contribution in [0.1, 0.15) is 23.7 Å². The molecule has 3 unspecified atom stereocenters. The smallest absolute Gasteiger partial charge is 0.105 e. The van der Waals surface area contributed by atoms with Crippen molar-refractivity contribution < 1.29 is 4.42 Å². The standard InChI is InChI=1S/C16H19NO/c1-17-16(10-13-8-5-9-18-13)15-11-14(15)12-6-3-2-4-7-12/h2-9,14-17H,10-11H2,1H3. The molecule has 18 heavy (non-hydrogen) atoms. The molecule has 1 aromatic carbocycles. The average molecular weight is 241 g/mol. The van der Waals surface area contributed by atoms with Crippen molar-refractivity contribution in [2.45, 2.75) is 24.8 Å². The van der Waals surface area contributed by atoms with Crippen LogP contribution < -0.4 is 5.32 Å². The average Bonchev–Trinajstić information content (AvgIpc) is 3.05. The molecule has 1 saturated carbocycles. The third-order valence-corrected chi connectivity index (χ3v) is 3.96. The second-order valence-corrected chi connectivity index (χ2v) is 5.10. The van der Waals surface area contributed by atoms with E-state index in [0.717, 1.165) is 24.0 Å². The summed E-state index contributed by atoms with van der Waals surface area (Å²) in [6.07, 6.45) is 4.03. The maximum Gasteiger partial charge on any atom is 0.105 e. The summed E-state index contributed by atoms with van der Waals surface area (Å²) in [5.41, 5.74) is 1.47. The van der Waals surface area contributed by atoms with Gasteiger partial charge in [-0.1, -0.05) is 30.3 Å². The molecule has 0 amide bonds. The largest absolute Gasteiger partial charge is 0.469 e. The van der Waals surface area contributed by atoms with E-state index in [0.29, 0.717) is 6.04 Å². The number of nitrogens with one attached hydrogen (secondary N) is 1. The van der Waals surface area contributed by atoms with Gasteiger partial charge in [0.2, 0.25) is 0 Å². The normalized spacial score (nSPS) is 23.8. The lowest BCUT2D eigenvalue weighted by atomic mass is 10.0. The molecule has 1 aliphatic carbocycles. The highest BCUT2D eigenvalue weighted by molar-refractivity contribution is 5.27. The molecule has 0 saturated heterocycles. The van der Waals surface area contributed by atoms with E-state index in [2.05, 4.69) is 41.7 Å². The van der Waals surface area contributed by atoms with Gasteiger partial charge in [0.05, 0.1) is 6.26 Å². The monoisotopic (exact) mass is 241 g/mol. The Morgan fingerprint density at radius 3 is 2.72 bits per heavy atom. The Morgan fingerprint density at radius 2 is 2.06 bits per heavy atom. The third kappa shape index (κ3) is 2.34. The van der Waals surface area contributed by atoms with Crippen LogP contribution in [0.4, 0.5) is 0 Å². The van der Waals surface area contributed by atoms with E-state index < -0.39 is 0 Å². The molecule has 1 heterocycles. The van der Waals surface area contributed by atoms with Crippen molar-refractivity contribution >= 4 is 0 Å². The summed E-state index contributed by atoms with van der Waals surface area (Å²) >= 11 is 0. The van der Waals surface area contributed by atoms with E-state index >= 15 is 0 Å². The molecule has 1 fully saturated rings. The van der Waals surface area contributed by atoms with Crippen molar-refractivity contribution in [1.82, 2.24) is 5.32 Å². The Hall–Kier alpha value is -1.54. The van der Waals surface area contributed by atoms with Crippen molar-refractivity contribution in [2.24, 2.45) is 5.92 Å². The zero-order chi connectivity index (χ0) is 12.4. The minimum atomic E-state index is 0.515. The second kappa shape index (κ2) is 4.99. The Balaban J connectivity index is 1.65. The van der Waals surface area contributed by atoms with E-state index in [-0.39, 0.29) is 0 Å². The van der Waals surface area contributed by atoms with E-state index in [4.69, 9.17) is 4.42 Å². The van der Waals surface area contributed by atoms with Gasteiger partial charge < -0.3 is 9.73 Å². The summed E-state index contributed by atoms with van der Waals surface area (Å²) < 4.78 is 5.44. The zero-order valence-corrected chi connectivity index (χ0v) is 10.7. The molecule has 3 rings (SSSR count). The van der Waals surface area contributed by atoms with Crippen LogP contribution in [0, 0.1) is 5.92 Å². The van der Waals surface area contributed by atoms with Crippen LogP contribution in [0.2, 0.25) is 0 Å². The van der Waals surface area contributed by atoms with Crippen molar-refractivity contribution in [1.29, 1.82) is 0 Å². The first-order valence-electron chi connectivity index (χ1n) is 6.63. The zero-order valence-electron chi connectivity index (χ0n) is 10.7. The van der Waals surface area contributed by atoms with Crippen LogP contribution in [0.15, 0.2) is 53.1 Å². The number of likely N-dealkylation sites (N-methyl/N-ethyl adjacent to an activating group) is 1. The topological polar surface area (TPSA) is 25.2 Å². The molecule has 0 radical (unpaired) electrons. The molecule has 2 aromatic rings. The van der Waals surface area contributed by atoms with Crippen LogP contribution in [-0.4, -0.2) is 13.1 Å². The minimum absolute atomic E-state index is 0.515. The lowest BCUT2D eigenvalue weighted by Gasteiger charge is -2.14. The van der Waals surface area contributed by atoms with Crippen molar-refractivity contribution in [2.75, 3.05) is 7.05 Å². The quantitative estimate of drug-likeness (QED) is 0.869. The summed E-state index contributed by atoms with van der Waals surface area (Å²) in [7, 11) is 2.05. The predicted octanol–water partition coefficient (Wildman–Crippen LogP) is 3.21. The molecule has 1 aromatic heterocycles. The Kier molecular flexibility index (Phi) is 3.20. The lowest BCUT2D eigenvalue weighted by Crippen LogP contribution is -2.30. The first-order chi connectivity index (χ1) is 8.88. The highest BCUT2D eigenvalue weighted by Crippen LogP contribution is 2.49. The summed E-state index contributed by atoms with van der Waals surface area (Å²) in [5, 5.41) is 3.44. The van der Waals surface area contributed by atoms with Crippen LogP contribution in [0.3, 0.4) is 0 Å². The van der Waals surface area contributed by atoms with Crippen molar-refractivity contribution in [3.63, 3.8) is 0 Å². The van der Waals surface area contributed by atoms with Crippen LogP contribution in [-0.2, 0) is 6.42 Å². The molecule has 1 N–H and O–H groups in total. The number of rotatable bonds is 5. The van der Waals surface area contributed by atoms with E-state index in [1.807, 2.05) is 13.1 Å². The number of benzene rings is 1. The van der Waals surface area contributed by atoms with Gasteiger partial charge in [-0.3, -0.25) is 0 Å². The van der Waals surface area contributed by atoms with Gasteiger partial charge in [0.25, 0.3) is 0 Å². The van der Waals surface area contributed by atoms with E-state index in [1.54, 1.807) is 6.26 Å². The fraction of sp³-hybridized carbons (Fsp3) is 0.375. The molecule has 0 bridgehead atoms. The minimum Gasteiger partial charge on any atom is -0.469 e. The van der Waals surface area contributed by atoms with E-state index in [9.17, 15) is 0 Å². The molecule has 3 atom stereocenters. The first-order valence-corrected chi connectivity index (χ1v) is 6.63. The maximum atomic E-state index is 5.44. The van der Waals surface area contributed by atoms with E-state index in [1.165, 1.54) is 12.0 Å². The van der Waals surface area contributed by atoms with Gasteiger partial charge in [-0.25, -0.2) is 0 Å². The molecule has 0 aliphatic heterocycles. The Bertz CT molecular complexity index is 477. The Labute approximate surface area is 108 Å². The summed E-state index contributed by atoms with van der Waals surface area (Å²) in [6, 6.07) is 15.4. The van der Waals surface area contributed by atoms with Gasteiger partial charge in [-0.05, 0) is 43.0 Å². The highest BCUT2D eigenvalue weighted by atomic mass is 16.3. The molecule has 0 spiro atoms. The van der Waals surface area contributed by atoms with Gasteiger partial charge in [0.1, 0.15) is 5.76 Å². The second-order valence-electron chi connectivity index (χ2n) is 5.10. The van der Waals surface area contributed by atoms with Gasteiger partial charge in [0.15, 0.2) is 0 Å². The van der Waals surface area contributed by atoms with Gasteiger partial charge >= 0.3 is 0 Å². The van der Waals surface area contributed by atoms with Crippen LogP contribution in [0.5, 0.6) is 0 Å². The lowest BCUT2D eigenvalue weighted by molar-refractivity contribution is 0.428. The number of hydrogen-bond acceptors (Lipinski definition) is 2. The highest BCUT2D eigenvalue weighted by Gasteiger charge is 2.43. The predicted molar refractivity (Wildman–Crippen MR) is 72.5 cm³/mol. The molecular weight excluding hydrogens is 222 g/mol. The first kappa shape index (κ1) is 11.5. The fourth-order valence-corrected chi connectivity index (χ4v) is 2.86. The summed E-state index contributed by atoms with van der Waals surface area (Å²) in [5.74, 6) is 2.54. The SMILES string of the molecule is CNC(Cc1ccco1)C1CC1c1ccccc1. The molecule has 1 aliphatic rings. The summed E-state index contributed by atoms with van der Waals surface area (Å²) in [4.78, 5) is 0. The number of hydrogen-bond donors (Lipinski definition) is 1. The molecule has 2 nitrogen and oxygen atoms in total.